The van der Waals surface area contributed by atoms with Crippen molar-refractivity contribution in [3.05, 3.63) is 69.7 Å². The first-order valence-electron chi connectivity index (χ1n) is 7.62. The third kappa shape index (κ3) is 4.08. The Morgan fingerprint density at radius 1 is 1.00 bits per heavy atom. The van der Waals surface area contributed by atoms with Gasteiger partial charge in [0.25, 0.3) is 0 Å². The maximum atomic E-state index is 13.1. The van der Waals surface area contributed by atoms with Crippen LogP contribution < -0.4 is 0 Å². The van der Waals surface area contributed by atoms with Crippen molar-refractivity contribution in [1.29, 1.82) is 0 Å². The molecule has 0 amide bonds. The average Bonchev–Trinajstić information content (AvgIpc) is 2.45. The molecule has 2 aromatic carbocycles. The molecule has 0 aliphatic rings. The molecule has 0 heterocycles. The summed E-state index contributed by atoms with van der Waals surface area (Å²) in [6.07, 6.45) is 0.262. The molecule has 0 aliphatic carbocycles. The van der Waals surface area contributed by atoms with Crippen molar-refractivity contribution in [3.63, 3.8) is 0 Å². The minimum absolute atomic E-state index is 0.0428. The van der Waals surface area contributed by atoms with Crippen LogP contribution in [0.3, 0.4) is 0 Å². The molecule has 2 rings (SSSR count). The first-order valence-corrected chi connectivity index (χ1v) is 8.00. The van der Waals surface area contributed by atoms with Gasteiger partial charge in [-0.1, -0.05) is 50.6 Å². The van der Waals surface area contributed by atoms with Gasteiger partial charge in [0.2, 0.25) is 0 Å². The molecule has 0 fully saturated rings. The average molecular weight is 329 g/mol. The zero-order valence-electron chi connectivity index (χ0n) is 13.9. The van der Waals surface area contributed by atoms with E-state index in [1.165, 1.54) is 0 Å². The second kappa shape index (κ2) is 6.67. The van der Waals surface area contributed by atoms with Crippen LogP contribution in [0.4, 0.5) is 0 Å². The van der Waals surface area contributed by atoms with Crippen molar-refractivity contribution in [2.45, 2.75) is 39.5 Å². The molecular formula is C20H21ClO2. The van der Waals surface area contributed by atoms with Gasteiger partial charge in [-0.15, -0.1) is 0 Å². The summed E-state index contributed by atoms with van der Waals surface area (Å²) in [7, 11) is 0. The van der Waals surface area contributed by atoms with Crippen molar-refractivity contribution >= 4 is 23.2 Å². The maximum absolute atomic E-state index is 13.1. The number of halogens is 1. The molecular weight excluding hydrogens is 308 g/mol. The Morgan fingerprint density at radius 3 is 2.13 bits per heavy atom. The van der Waals surface area contributed by atoms with Crippen LogP contribution >= 0.6 is 11.6 Å². The number of hydrogen-bond acceptors (Lipinski definition) is 2. The quantitative estimate of drug-likeness (QED) is 0.740. The van der Waals surface area contributed by atoms with Crippen LogP contribution in [-0.4, -0.2) is 11.6 Å². The number of carbonyl (C=O) groups excluding carboxylic acids is 2. The van der Waals surface area contributed by atoms with E-state index in [0.29, 0.717) is 16.1 Å². The van der Waals surface area contributed by atoms with E-state index in [0.717, 1.165) is 11.1 Å². The fourth-order valence-electron chi connectivity index (χ4n) is 2.65. The molecule has 2 nitrogen and oxygen atoms in total. The van der Waals surface area contributed by atoms with Crippen molar-refractivity contribution in [2.24, 2.45) is 0 Å². The molecule has 0 unspecified atom stereocenters. The SMILES string of the molecule is CC(=O)Cc1cccc(C(C)(C)C)c1C(=O)c1ccc(Cl)cc1. The lowest BCUT2D eigenvalue weighted by atomic mass is 9.79. The zero-order valence-corrected chi connectivity index (χ0v) is 14.7. The van der Waals surface area contributed by atoms with Gasteiger partial charge in [0.1, 0.15) is 5.78 Å². The lowest BCUT2D eigenvalue weighted by Crippen LogP contribution is -2.20. The van der Waals surface area contributed by atoms with Gasteiger partial charge in [0, 0.05) is 22.6 Å². The molecule has 23 heavy (non-hydrogen) atoms. The van der Waals surface area contributed by atoms with E-state index in [9.17, 15) is 9.59 Å². The molecule has 0 saturated heterocycles. The van der Waals surface area contributed by atoms with E-state index >= 15 is 0 Å². The Hall–Kier alpha value is -1.93. The van der Waals surface area contributed by atoms with E-state index in [1.807, 2.05) is 18.2 Å². The normalized spacial score (nSPS) is 11.3. The van der Waals surface area contributed by atoms with Crippen molar-refractivity contribution in [1.82, 2.24) is 0 Å². The van der Waals surface area contributed by atoms with Crippen molar-refractivity contribution in [3.8, 4) is 0 Å². The second-order valence-electron chi connectivity index (χ2n) is 6.80. The van der Waals surface area contributed by atoms with Crippen LogP contribution in [0.1, 0.15) is 54.7 Å². The number of carbonyl (C=O) groups is 2. The summed E-state index contributed by atoms with van der Waals surface area (Å²) in [6.45, 7) is 7.75. The molecule has 0 aromatic heterocycles. The van der Waals surface area contributed by atoms with Crippen LogP contribution in [0, 0.1) is 0 Å². The van der Waals surface area contributed by atoms with Gasteiger partial charge in [0.05, 0.1) is 0 Å². The Morgan fingerprint density at radius 2 is 1.61 bits per heavy atom. The molecule has 0 saturated carbocycles. The fourth-order valence-corrected chi connectivity index (χ4v) is 2.78. The molecule has 3 heteroatoms. The number of ketones is 2. The summed E-state index contributed by atoms with van der Waals surface area (Å²) in [5, 5.41) is 0.592. The minimum atomic E-state index is -0.190. The zero-order chi connectivity index (χ0) is 17.2. The summed E-state index contributed by atoms with van der Waals surface area (Å²) in [4.78, 5) is 24.7. The highest BCUT2D eigenvalue weighted by Crippen LogP contribution is 2.30. The summed E-state index contributed by atoms with van der Waals surface area (Å²) in [6, 6.07) is 12.6. The predicted octanol–water partition coefficient (Wildman–Crippen LogP) is 5.00. The molecule has 0 atom stereocenters. The molecule has 0 N–H and O–H groups in total. The topological polar surface area (TPSA) is 34.1 Å². The van der Waals surface area contributed by atoms with Crippen molar-refractivity contribution in [2.75, 3.05) is 0 Å². The molecule has 0 bridgehead atoms. The third-order valence-corrected chi connectivity index (χ3v) is 3.98. The van der Waals surface area contributed by atoms with Crippen molar-refractivity contribution < 1.29 is 9.59 Å². The summed E-state index contributed by atoms with van der Waals surface area (Å²) in [5.41, 5.74) is 2.76. The van der Waals surface area contributed by atoms with Crippen LogP contribution in [0.15, 0.2) is 42.5 Å². The monoisotopic (exact) mass is 328 g/mol. The maximum Gasteiger partial charge on any atom is 0.193 e. The van der Waals surface area contributed by atoms with Crippen LogP contribution in [0.5, 0.6) is 0 Å². The lowest BCUT2D eigenvalue weighted by molar-refractivity contribution is -0.116. The number of hydrogen-bond donors (Lipinski definition) is 0. The van der Waals surface area contributed by atoms with E-state index in [4.69, 9.17) is 11.6 Å². The first-order chi connectivity index (χ1) is 10.7. The predicted molar refractivity (Wildman–Crippen MR) is 94.4 cm³/mol. The highest BCUT2D eigenvalue weighted by atomic mass is 35.5. The standard InChI is InChI=1S/C20H21ClO2/c1-13(22)12-15-6-5-7-17(20(2,3)4)18(15)19(23)14-8-10-16(21)11-9-14/h5-11H,12H2,1-4H3. The number of rotatable bonds is 4. The second-order valence-corrected chi connectivity index (χ2v) is 7.24. The molecule has 0 spiro atoms. The largest absolute Gasteiger partial charge is 0.300 e. The van der Waals surface area contributed by atoms with E-state index in [-0.39, 0.29) is 23.4 Å². The number of Topliss-reactive ketones (excluding diaryl/α,β-unsaturated/α-hetero) is 1. The van der Waals surface area contributed by atoms with Crippen LogP contribution in [0.2, 0.25) is 5.02 Å². The summed E-state index contributed by atoms with van der Waals surface area (Å²) in [5.74, 6) is -0.0235. The van der Waals surface area contributed by atoms with Gasteiger partial charge in [-0.3, -0.25) is 9.59 Å². The summed E-state index contributed by atoms with van der Waals surface area (Å²) < 4.78 is 0. The Kier molecular flexibility index (Phi) is 5.06. The third-order valence-electron chi connectivity index (χ3n) is 3.73. The Balaban J connectivity index is 2.63. The lowest BCUT2D eigenvalue weighted by Gasteiger charge is -2.24. The van der Waals surface area contributed by atoms with Gasteiger partial charge in [-0.25, -0.2) is 0 Å². The minimum Gasteiger partial charge on any atom is -0.300 e. The van der Waals surface area contributed by atoms with Gasteiger partial charge in [-0.2, -0.15) is 0 Å². The van der Waals surface area contributed by atoms with Crippen LogP contribution in [0.25, 0.3) is 0 Å². The Labute approximate surface area is 142 Å². The van der Waals surface area contributed by atoms with E-state index in [2.05, 4.69) is 20.8 Å². The van der Waals surface area contributed by atoms with Gasteiger partial charge >= 0.3 is 0 Å². The first kappa shape index (κ1) is 17.4. The van der Waals surface area contributed by atoms with Gasteiger partial charge in [0.15, 0.2) is 5.78 Å². The van der Waals surface area contributed by atoms with E-state index in [1.54, 1.807) is 31.2 Å². The molecule has 120 valence electrons. The Bertz CT molecular complexity index is 737. The van der Waals surface area contributed by atoms with Crippen LogP contribution in [-0.2, 0) is 16.6 Å². The summed E-state index contributed by atoms with van der Waals surface area (Å²) >= 11 is 5.91. The smallest absolute Gasteiger partial charge is 0.193 e. The molecule has 0 radical (unpaired) electrons. The van der Waals surface area contributed by atoms with Gasteiger partial charge in [-0.05, 0) is 47.7 Å². The number of benzene rings is 2. The fraction of sp³-hybridized carbons (Fsp3) is 0.300. The highest BCUT2D eigenvalue weighted by molar-refractivity contribution is 6.30. The van der Waals surface area contributed by atoms with E-state index < -0.39 is 0 Å². The van der Waals surface area contributed by atoms with Gasteiger partial charge < -0.3 is 0 Å². The molecule has 0 aliphatic heterocycles. The molecule has 2 aromatic rings. The highest BCUT2D eigenvalue weighted by Gasteiger charge is 2.25.